The molecule has 3 fully saturated rings. The second kappa shape index (κ2) is 12.7. The zero-order chi connectivity index (χ0) is 38.4. The number of halogens is 5. The van der Waals surface area contributed by atoms with Gasteiger partial charge in [0.1, 0.15) is 11.4 Å². The van der Waals surface area contributed by atoms with Crippen molar-refractivity contribution in [2.75, 3.05) is 17.0 Å². The highest BCUT2D eigenvalue weighted by Crippen LogP contribution is 2.64. The quantitative estimate of drug-likeness (QED) is 0.164. The van der Waals surface area contributed by atoms with E-state index in [9.17, 15) is 32.7 Å². The maximum absolute atomic E-state index is 15.3. The molecule has 9 nitrogen and oxygen atoms in total. The van der Waals surface area contributed by atoms with Gasteiger partial charge >= 0.3 is 6.18 Å². The maximum Gasteiger partial charge on any atom is 0.433 e. The number of hydrazine groups is 1. The molecular formula is C40H31Cl2F3N4O5. The number of anilines is 2. The molecule has 3 aromatic carbocycles. The van der Waals surface area contributed by atoms with Crippen LogP contribution >= 0.6 is 23.2 Å². The number of amides is 4. The maximum atomic E-state index is 15.3. The average molecular weight is 776 g/mol. The number of phenols is 1. The Morgan fingerprint density at radius 1 is 0.889 bits per heavy atom. The smallest absolute Gasteiger partial charge is 0.433 e. The van der Waals surface area contributed by atoms with Gasteiger partial charge in [-0.05, 0) is 78.8 Å². The predicted octanol–water partition coefficient (Wildman–Crippen LogP) is 7.64. The van der Waals surface area contributed by atoms with Crippen molar-refractivity contribution in [1.29, 1.82) is 0 Å². The number of benzene rings is 3. The molecule has 54 heavy (non-hydrogen) atoms. The summed E-state index contributed by atoms with van der Waals surface area (Å²) in [6, 6.07) is 22.1. The molecule has 2 aliphatic heterocycles. The lowest BCUT2D eigenvalue weighted by Crippen LogP contribution is -2.53. The molecule has 0 spiro atoms. The number of allylic oxidation sites excluding steroid dienone is 2. The van der Waals surface area contributed by atoms with Crippen LogP contribution in [-0.2, 0) is 30.8 Å². The van der Waals surface area contributed by atoms with Crippen molar-refractivity contribution in [2.45, 2.75) is 37.3 Å². The van der Waals surface area contributed by atoms with Crippen LogP contribution in [0.1, 0.15) is 41.1 Å². The molecule has 1 N–H and O–H groups in total. The van der Waals surface area contributed by atoms with Crippen molar-refractivity contribution in [3.63, 3.8) is 0 Å². The van der Waals surface area contributed by atoms with Crippen LogP contribution in [-0.4, -0.2) is 45.8 Å². The minimum absolute atomic E-state index is 0.0102. The van der Waals surface area contributed by atoms with Gasteiger partial charge in [-0.2, -0.15) is 18.2 Å². The van der Waals surface area contributed by atoms with Gasteiger partial charge in [0.15, 0.2) is 5.82 Å². The summed E-state index contributed by atoms with van der Waals surface area (Å²) in [6.45, 7) is 1.72. The number of fused-ring (bicyclic) bond motifs is 4. The summed E-state index contributed by atoms with van der Waals surface area (Å²) >= 11 is 12.7. The predicted molar refractivity (Wildman–Crippen MR) is 193 cm³/mol. The van der Waals surface area contributed by atoms with E-state index < -0.39 is 76.3 Å². The van der Waals surface area contributed by atoms with E-state index in [1.165, 1.54) is 19.2 Å². The Hall–Kier alpha value is -5.20. The first-order valence-corrected chi connectivity index (χ1v) is 18.0. The number of nitrogens with zero attached hydrogens (tertiary/aromatic N) is 4. The molecule has 4 aromatic rings. The fourth-order valence-corrected chi connectivity index (χ4v) is 9.58. The number of carbonyl (C=O) groups excluding carboxylic acids is 4. The van der Waals surface area contributed by atoms with Crippen molar-refractivity contribution < 1.29 is 37.5 Å². The highest BCUT2D eigenvalue weighted by Gasteiger charge is 2.70. The van der Waals surface area contributed by atoms with Crippen LogP contribution in [0.2, 0.25) is 10.0 Å². The molecule has 1 saturated carbocycles. The van der Waals surface area contributed by atoms with E-state index in [1.807, 2.05) is 6.08 Å². The number of phenolic OH excluding ortho intramolecular Hbond substituents is 1. The lowest BCUT2D eigenvalue weighted by molar-refractivity contribution is -0.141. The number of pyridine rings is 1. The van der Waals surface area contributed by atoms with Crippen LogP contribution in [0, 0.1) is 30.6 Å². The summed E-state index contributed by atoms with van der Waals surface area (Å²) in [5.74, 6) is -7.26. The van der Waals surface area contributed by atoms with Crippen molar-refractivity contribution in [1.82, 2.24) is 9.99 Å². The second-order valence-corrected chi connectivity index (χ2v) is 15.0. The van der Waals surface area contributed by atoms with Gasteiger partial charge in [-0.3, -0.25) is 24.2 Å². The van der Waals surface area contributed by atoms with E-state index in [1.54, 1.807) is 67.6 Å². The SMILES string of the molecule is Cc1cc(C2C3=CCC4C(=O)N(N(C)c5nc(C(F)(F)F)ccc5Cl)C(=O)C4C3CC3C(=O)N(c4cccc(Cl)c4)C(=O)C32c2ccccc2)ccc1O. The average Bonchev–Trinajstić information content (AvgIpc) is 3.53. The van der Waals surface area contributed by atoms with E-state index in [-0.39, 0.29) is 29.3 Å². The van der Waals surface area contributed by atoms with Gasteiger partial charge in [-0.15, -0.1) is 0 Å². The zero-order valence-corrected chi connectivity index (χ0v) is 30.2. The third-order valence-electron chi connectivity index (χ3n) is 11.4. The molecule has 2 aliphatic carbocycles. The van der Waals surface area contributed by atoms with E-state index in [0.29, 0.717) is 33.4 Å². The van der Waals surface area contributed by atoms with E-state index >= 15 is 4.79 Å². The van der Waals surface area contributed by atoms with Crippen LogP contribution < -0.4 is 9.91 Å². The zero-order valence-electron chi connectivity index (χ0n) is 28.7. The lowest BCUT2D eigenvalue weighted by atomic mass is 9.49. The van der Waals surface area contributed by atoms with Gasteiger partial charge in [0.05, 0.1) is 33.9 Å². The Kier molecular flexibility index (Phi) is 8.42. The number of aromatic hydroxyl groups is 1. The van der Waals surface area contributed by atoms with Gasteiger partial charge in [-0.25, -0.2) is 9.88 Å². The third kappa shape index (κ3) is 5.17. The van der Waals surface area contributed by atoms with E-state index in [2.05, 4.69) is 4.98 Å². The molecule has 6 atom stereocenters. The number of hydrogen-bond donors (Lipinski definition) is 1. The molecule has 4 amide bonds. The minimum atomic E-state index is -4.81. The molecule has 0 radical (unpaired) electrons. The Bertz CT molecular complexity index is 2300. The Morgan fingerprint density at radius 3 is 2.31 bits per heavy atom. The first kappa shape index (κ1) is 35.8. The summed E-state index contributed by atoms with van der Waals surface area (Å²) in [5.41, 5.74) is -0.0862. The summed E-state index contributed by atoms with van der Waals surface area (Å²) < 4.78 is 41.0. The normalized spacial score (nSPS) is 26.4. The fourth-order valence-electron chi connectivity index (χ4n) is 9.17. The minimum Gasteiger partial charge on any atom is -0.508 e. The van der Waals surface area contributed by atoms with Crippen molar-refractivity contribution in [2.24, 2.45) is 23.7 Å². The van der Waals surface area contributed by atoms with E-state index in [0.717, 1.165) is 21.0 Å². The molecule has 276 valence electrons. The first-order valence-electron chi connectivity index (χ1n) is 17.2. The largest absolute Gasteiger partial charge is 0.508 e. The highest BCUT2D eigenvalue weighted by atomic mass is 35.5. The number of aromatic nitrogens is 1. The third-order valence-corrected chi connectivity index (χ3v) is 12.0. The van der Waals surface area contributed by atoms with Gasteiger partial charge in [-0.1, -0.05) is 83.4 Å². The first-order chi connectivity index (χ1) is 25.7. The summed E-state index contributed by atoms with van der Waals surface area (Å²) in [6.07, 6.45) is -2.86. The monoisotopic (exact) mass is 774 g/mol. The van der Waals surface area contributed by atoms with Crippen molar-refractivity contribution in [3.05, 3.63) is 129 Å². The molecule has 2 saturated heterocycles. The Morgan fingerprint density at radius 2 is 1.63 bits per heavy atom. The topological polar surface area (TPSA) is 111 Å². The highest BCUT2D eigenvalue weighted by molar-refractivity contribution is 6.33. The van der Waals surface area contributed by atoms with E-state index in [4.69, 9.17) is 23.2 Å². The number of rotatable bonds is 5. The van der Waals surface area contributed by atoms with Crippen molar-refractivity contribution >= 4 is 58.3 Å². The Labute approximate surface area is 317 Å². The van der Waals surface area contributed by atoms with Gasteiger partial charge < -0.3 is 5.11 Å². The summed E-state index contributed by atoms with van der Waals surface area (Å²) in [5, 5.41) is 12.4. The number of imide groups is 2. The number of carbonyl (C=O) groups is 4. The van der Waals surface area contributed by atoms with Crippen molar-refractivity contribution in [3.8, 4) is 5.75 Å². The van der Waals surface area contributed by atoms with Gasteiger partial charge in [0.25, 0.3) is 11.8 Å². The number of alkyl halides is 3. The molecule has 1 aromatic heterocycles. The lowest BCUT2D eigenvalue weighted by Gasteiger charge is -2.50. The number of hydrogen-bond acceptors (Lipinski definition) is 7. The standard InChI is InChI=1S/C40H31Cl2F3N4O5/c1-20-17-21(11-15-30(20)50)33-25-12-13-26-32(37(53)49(35(26)51)47(2)34-29(42)14-16-31(46-34)40(43,44)45)27(25)19-28-36(52)48(24-10-6-9-23(41)18-24)38(54)39(28,33)22-7-4-3-5-8-22/h3-12,14-18,26-28,32-33,50H,13,19H2,1-2H3. The molecule has 4 aliphatic rings. The van der Waals surface area contributed by atoms with Crippen LogP contribution in [0.5, 0.6) is 5.75 Å². The van der Waals surface area contributed by atoms with Gasteiger partial charge in [0.2, 0.25) is 11.8 Å². The van der Waals surface area contributed by atoms with Crippen LogP contribution in [0.15, 0.2) is 96.6 Å². The Balaban J connectivity index is 1.30. The fraction of sp³-hybridized carbons (Fsp3) is 0.275. The molecular weight excluding hydrogens is 744 g/mol. The molecule has 14 heteroatoms. The van der Waals surface area contributed by atoms with Crippen LogP contribution in [0.25, 0.3) is 0 Å². The summed E-state index contributed by atoms with van der Waals surface area (Å²) in [4.78, 5) is 63.7. The molecule has 0 bridgehead atoms. The molecule has 6 unspecified atom stereocenters. The summed E-state index contributed by atoms with van der Waals surface area (Å²) in [7, 11) is 1.25. The molecule has 8 rings (SSSR count). The van der Waals surface area contributed by atoms with Crippen LogP contribution in [0.4, 0.5) is 24.7 Å². The molecule has 3 heterocycles. The number of aryl methyl sites for hydroxylation is 1. The van der Waals surface area contributed by atoms with Gasteiger partial charge in [0, 0.05) is 18.0 Å². The van der Waals surface area contributed by atoms with Crippen LogP contribution in [0.3, 0.4) is 0 Å². The second-order valence-electron chi connectivity index (χ2n) is 14.2.